The summed E-state index contributed by atoms with van der Waals surface area (Å²) < 4.78 is 64.2. The van der Waals surface area contributed by atoms with Crippen molar-refractivity contribution in [1.29, 1.82) is 0 Å². The van der Waals surface area contributed by atoms with E-state index in [4.69, 9.17) is 0 Å². The van der Waals surface area contributed by atoms with Crippen molar-refractivity contribution < 1.29 is 31.1 Å². The highest BCUT2D eigenvalue weighted by atomic mass is 32.2. The normalized spacial score (nSPS) is 12.1. The van der Waals surface area contributed by atoms with Crippen molar-refractivity contribution in [2.75, 3.05) is 6.61 Å². The van der Waals surface area contributed by atoms with E-state index in [0.29, 0.717) is 11.1 Å². The molecule has 20 heavy (non-hydrogen) atoms. The van der Waals surface area contributed by atoms with E-state index in [-0.39, 0.29) is 4.90 Å². The summed E-state index contributed by atoms with van der Waals surface area (Å²) in [6.45, 7) is 1.43. The standard InChI is InChI=1S/C11H12F3NO4S/c1-7-3-8(2)5-9(4-7)20(17,18)15-10(16)19-6-11(12,13)14/h3-5H,6H2,1-2H3,(H,15,16). The predicted octanol–water partition coefficient (Wildman–Crippen LogP) is 2.28. The lowest BCUT2D eigenvalue weighted by molar-refractivity contribution is -0.160. The molecule has 0 unspecified atom stereocenters. The van der Waals surface area contributed by atoms with E-state index in [1.807, 2.05) is 0 Å². The molecule has 1 amide bonds. The molecule has 0 aromatic heterocycles. The molecule has 0 aliphatic carbocycles. The number of sulfonamides is 1. The van der Waals surface area contributed by atoms with Crippen molar-refractivity contribution in [3.63, 3.8) is 0 Å². The molecule has 0 aliphatic heterocycles. The predicted molar refractivity (Wildman–Crippen MR) is 63.6 cm³/mol. The van der Waals surface area contributed by atoms with E-state index in [0.717, 1.165) is 0 Å². The molecular weight excluding hydrogens is 299 g/mol. The third-order valence-electron chi connectivity index (χ3n) is 2.09. The topological polar surface area (TPSA) is 72.5 Å². The molecule has 1 aromatic rings. The van der Waals surface area contributed by atoms with E-state index in [1.165, 1.54) is 16.9 Å². The Morgan fingerprint density at radius 1 is 1.20 bits per heavy atom. The molecule has 5 nitrogen and oxygen atoms in total. The number of carbonyl (C=O) groups excluding carboxylic acids is 1. The number of benzene rings is 1. The van der Waals surface area contributed by atoms with Crippen molar-refractivity contribution in [3.05, 3.63) is 29.3 Å². The molecule has 0 saturated heterocycles. The van der Waals surface area contributed by atoms with Crippen molar-refractivity contribution in [2.45, 2.75) is 24.9 Å². The van der Waals surface area contributed by atoms with Gasteiger partial charge in [-0.2, -0.15) is 13.2 Å². The van der Waals surface area contributed by atoms with Crippen LogP contribution in [0.2, 0.25) is 0 Å². The van der Waals surface area contributed by atoms with Crippen molar-refractivity contribution >= 4 is 16.1 Å². The zero-order chi connectivity index (χ0) is 15.6. The SMILES string of the molecule is Cc1cc(C)cc(S(=O)(=O)NC(=O)OCC(F)(F)F)c1. The fourth-order valence-electron chi connectivity index (χ4n) is 1.43. The van der Waals surface area contributed by atoms with Crippen molar-refractivity contribution in [1.82, 2.24) is 4.72 Å². The molecule has 1 aromatic carbocycles. The smallest absolute Gasteiger partial charge is 0.422 e. The number of carbonyl (C=O) groups is 1. The van der Waals surface area contributed by atoms with Gasteiger partial charge in [0.2, 0.25) is 0 Å². The van der Waals surface area contributed by atoms with Gasteiger partial charge in [0.15, 0.2) is 6.61 Å². The van der Waals surface area contributed by atoms with E-state index in [1.54, 1.807) is 19.9 Å². The first-order chi connectivity index (χ1) is 8.99. The zero-order valence-electron chi connectivity index (χ0n) is 10.6. The van der Waals surface area contributed by atoms with Crippen LogP contribution in [0.4, 0.5) is 18.0 Å². The summed E-state index contributed by atoms with van der Waals surface area (Å²) in [7, 11) is -4.26. The second-order valence-corrected chi connectivity index (χ2v) is 5.80. The minimum absolute atomic E-state index is 0.223. The molecule has 0 saturated carbocycles. The first kappa shape index (κ1) is 16.3. The number of hydrogen-bond donors (Lipinski definition) is 1. The Kier molecular flexibility index (Phi) is 4.64. The fourth-order valence-corrected chi connectivity index (χ4v) is 2.51. The van der Waals surface area contributed by atoms with Gasteiger partial charge < -0.3 is 4.74 Å². The van der Waals surface area contributed by atoms with Gasteiger partial charge in [-0.3, -0.25) is 0 Å². The van der Waals surface area contributed by atoms with Gasteiger partial charge in [0.25, 0.3) is 10.0 Å². The Morgan fingerprint density at radius 3 is 2.15 bits per heavy atom. The van der Waals surface area contributed by atoms with Crippen molar-refractivity contribution in [2.24, 2.45) is 0 Å². The molecule has 0 heterocycles. The zero-order valence-corrected chi connectivity index (χ0v) is 11.4. The molecule has 1 rings (SSSR count). The van der Waals surface area contributed by atoms with E-state index in [9.17, 15) is 26.4 Å². The first-order valence-corrected chi connectivity index (χ1v) is 6.82. The Morgan fingerprint density at radius 2 is 1.70 bits per heavy atom. The molecule has 0 spiro atoms. The Bertz CT molecular complexity index is 590. The van der Waals surface area contributed by atoms with Gasteiger partial charge in [0.1, 0.15) is 0 Å². The molecule has 9 heteroatoms. The maximum Gasteiger partial charge on any atom is 0.422 e. The summed E-state index contributed by atoms with van der Waals surface area (Å²) in [6, 6.07) is 4.28. The molecule has 0 atom stereocenters. The van der Waals surface area contributed by atoms with E-state index < -0.39 is 28.9 Å². The van der Waals surface area contributed by atoms with Crippen LogP contribution in [-0.2, 0) is 14.8 Å². The van der Waals surface area contributed by atoms with Crippen LogP contribution in [0.15, 0.2) is 23.1 Å². The van der Waals surface area contributed by atoms with Gasteiger partial charge in [-0.1, -0.05) is 6.07 Å². The number of nitrogens with one attached hydrogen (secondary N) is 1. The van der Waals surface area contributed by atoms with Gasteiger partial charge in [-0.25, -0.2) is 17.9 Å². The molecule has 112 valence electrons. The van der Waals surface area contributed by atoms with Crippen LogP contribution in [0.1, 0.15) is 11.1 Å². The Balaban J connectivity index is 2.82. The van der Waals surface area contributed by atoms with E-state index in [2.05, 4.69) is 4.74 Å². The van der Waals surface area contributed by atoms with Gasteiger partial charge in [-0.05, 0) is 37.1 Å². The highest BCUT2D eigenvalue weighted by Gasteiger charge is 2.30. The Labute approximate surface area is 113 Å². The summed E-state index contributed by atoms with van der Waals surface area (Å²) in [5, 5.41) is 0. The lowest BCUT2D eigenvalue weighted by Gasteiger charge is -2.10. The summed E-state index contributed by atoms with van der Waals surface area (Å²) in [5.74, 6) is 0. The minimum Gasteiger partial charge on any atom is -0.439 e. The average molecular weight is 311 g/mol. The number of halogens is 3. The lowest BCUT2D eigenvalue weighted by Crippen LogP contribution is -2.33. The van der Waals surface area contributed by atoms with Crippen LogP contribution in [0.5, 0.6) is 0 Å². The van der Waals surface area contributed by atoms with Crippen LogP contribution < -0.4 is 4.72 Å². The number of amides is 1. The summed E-state index contributed by atoms with van der Waals surface area (Å²) in [5.41, 5.74) is 1.27. The van der Waals surface area contributed by atoms with Gasteiger partial charge >= 0.3 is 12.3 Å². The Hall–Kier alpha value is -1.77. The molecule has 0 fully saturated rings. The summed E-state index contributed by atoms with van der Waals surface area (Å²) in [6.07, 6.45) is -6.40. The average Bonchev–Trinajstić information content (AvgIpc) is 2.23. The maximum atomic E-state index is 11.8. The van der Waals surface area contributed by atoms with E-state index >= 15 is 0 Å². The third-order valence-corrected chi connectivity index (χ3v) is 3.38. The number of hydrogen-bond acceptors (Lipinski definition) is 4. The van der Waals surface area contributed by atoms with Gasteiger partial charge in [-0.15, -0.1) is 0 Å². The largest absolute Gasteiger partial charge is 0.439 e. The first-order valence-electron chi connectivity index (χ1n) is 5.34. The van der Waals surface area contributed by atoms with Crippen LogP contribution in [0.25, 0.3) is 0 Å². The molecule has 0 radical (unpaired) electrons. The van der Waals surface area contributed by atoms with Crippen LogP contribution in [0, 0.1) is 13.8 Å². The number of ether oxygens (including phenoxy) is 1. The quantitative estimate of drug-likeness (QED) is 0.929. The highest BCUT2D eigenvalue weighted by Crippen LogP contribution is 2.16. The highest BCUT2D eigenvalue weighted by molar-refractivity contribution is 7.90. The van der Waals surface area contributed by atoms with Crippen LogP contribution in [-0.4, -0.2) is 27.3 Å². The van der Waals surface area contributed by atoms with Gasteiger partial charge in [0.05, 0.1) is 4.90 Å². The molecule has 1 N–H and O–H groups in total. The number of alkyl halides is 3. The lowest BCUT2D eigenvalue weighted by atomic mass is 10.2. The minimum atomic E-state index is -4.72. The molecule has 0 aliphatic rings. The van der Waals surface area contributed by atoms with Crippen LogP contribution in [0.3, 0.4) is 0 Å². The second kappa shape index (κ2) is 5.70. The summed E-state index contributed by atoms with van der Waals surface area (Å²) in [4.78, 5) is 10.8. The van der Waals surface area contributed by atoms with Crippen molar-refractivity contribution in [3.8, 4) is 0 Å². The second-order valence-electron chi connectivity index (χ2n) is 4.12. The fraction of sp³-hybridized carbons (Fsp3) is 0.364. The monoisotopic (exact) mass is 311 g/mol. The third kappa shape index (κ3) is 5.08. The molecular formula is C11H12F3NO4S. The summed E-state index contributed by atoms with van der Waals surface area (Å²) >= 11 is 0. The number of rotatable bonds is 3. The molecule has 0 bridgehead atoms. The maximum absolute atomic E-state index is 11.8. The van der Waals surface area contributed by atoms with Crippen LogP contribution >= 0.6 is 0 Å². The number of aryl methyl sites for hydroxylation is 2. The van der Waals surface area contributed by atoms with Gasteiger partial charge in [0, 0.05) is 0 Å².